The second kappa shape index (κ2) is 15.1. The predicted molar refractivity (Wildman–Crippen MR) is 137 cm³/mol. The molecule has 2 fully saturated rings. The van der Waals surface area contributed by atoms with Crippen LogP contribution in [0.5, 0.6) is 0 Å². The number of amides is 3. The first-order valence-electron chi connectivity index (χ1n) is 13.5. The Labute approximate surface area is 218 Å². The SMILES string of the molecule is CNC[C@H](CC1CCCCC1)NC(=O)N1CCC[C@@H](C(OCCNC(=O)OC)c2ccc(F)c(F)c2)C1. The standard InChI is InChI=1S/C27H42F2N4O4/c1-30-17-22(15-19-7-4-3-5-8-19)32-26(34)33-13-6-9-21(18-33)25(37-14-12-31-27(35)36-2)20-10-11-23(28)24(29)16-20/h10-11,16,19,21-22,25,30H,3-9,12-15,17-18H2,1-2H3,(H,31,35)(H,32,34)/t21-,22+,25?/m1/s1. The molecule has 0 spiro atoms. The molecule has 3 amide bonds. The van der Waals surface area contributed by atoms with Crippen molar-refractivity contribution in [3.8, 4) is 0 Å². The number of halogens is 2. The maximum atomic E-state index is 14.1. The highest BCUT2D eigenvalue weighted by molar-refractivity contribution is 5.74. The Bertz CT molecular complexity index is 869. The van der Waals surface area contributed by atoms with E-state index in [2.05, 4.69) is 20.7 Å². The number of hydrogen-bond acceptors (Lipinski definition) is 5. The highest BCUT2D eigenvalue weighted by atomic mass is 19.2. The summed E-state index contributed by atoms with van der Waals surface area (Å²) in [7, 11) is 3.17. The fraction of sp³-hybridized carbons (Fsp3) is 0.704. The number of likely N-dealkylation sites (tertiary alicyclic amines) is 1. The third-order valence-electron chi connectivity index (χ3n) is 7.42. The van der Waals surface area contributed by atoms with Crippen LogP contribution in [0.2, 0.25) is 0 Å². The summed E-state index contributed by atoms with van der Waals surface area (Å²) >= 11 is 0. The van der Waals surface area contributed by atoms with Gasteiger partial charge in [0, 0.05) is 38.1 Å². The van der Waals surface area contributed by atoms with Crippen molar-refractivity contribution in [1.29, 1.82) is 0 Å². The average Bonchev–Trinajstić information content (AvgIpc) is 2.91. The molecule has 8 nitrogen and oxygen atoms in total. The normalized spacial score (nSPS) is 20.2. The summed E-state index contributed by atoms with van der Waals surface area (Å²) in [5.41, 5.74) is 0.509. The van der Waals surface area contributed by atoms with Gasteiger partial charge in [-0.1, -0.05) is 38.2 Å². The van der Waals surface area contributed by atoms with Crippen molar-refractivity contribution in [3.63, 3.8) is 0 Å². The number of alkyl carbamates (subject to hydrolysis) is 1. The predicted octanol–water partition coefficient (Wildman–Crippen LogP) is 4.36. The molecule has 1 unspecified atom stereocenters. The van der Waals surface area contributed by atoms with Gasteiger partial charge in [0.25, 0.3) is 0 Å². The van der Waals surface area contributed by atoms with Gasteiger partial charge in [-0.25, -0.2) is 18.4 Å². The van der Waals surface area contributed by atoms with Crippen molar-refractivity contribution in [2.24, 2.45) is 11.8 Å². The summed E-state index contributed by atoms with van der Waals surface area (Å²) in [4.78, 5) is 26.4. The van der Waals surface area contributed by atoms with Gasteiger partial charge in [0.05, 0.1) is 19.8 Å². The lowest BCUT2D eigenvalue weighted by atomic mass is 9.85. The van der Waals surface area contributed by atoms with Gasteiger partial charge < -0.3 is 30.3 Å². The Kier molecular flexibility index (Phi) is 11.9. The lowest BCUT2D eigenvalue weighted by Crippen LogP contribution is -2.52. The molecule has 1 heterocycles. The first kappa shape index (κ1) is 29.1. The maximum Gasteiger partial charge on any atom is 0.406 e. The van der Waals surface area contributed by atoms with Crippen LogP contribution in [0, 0.1) is 23.5 Å². The van der Waals surface area contributed by atoms with Crippen LogP contribution in [-0.4, -0.2) is 70.0 Å². The van der Waals surface area contributed by atoms with Gasteiger partial charge in [-0.15, -0.1) is 0 Å². The maximum absolute atomic E-state index is 14.1. The summed E-state index contributed by atoms with van der Waals surface area (Å²) in [5, 5.41) is 9.00. The van der Waals surface area contributed by atoms with Crippen molar-refractivity contribution >= 4 is 12.1 Å². The number of likely N-dealkylation sites (N-methyl/N-ethyl adjacent to an activating group) is 1. The minimum Gasteiger partial charge on any atom is -0.453 e. The number of benzene rings is 1. The Morgan fingerprint density at radius 1 is 1.11 bits per heavy atom. The van der Waals surface area contributed by atoms with Crippen LogP contribution in [-0.2, 0) is 9.47 Å². The molecular formula is C27H42F2N4O4. The molecule has 10 heteroatoms. The van der Waals surface area contributed by atoms with Crippen LogP contribution >= 0.6 is 0 Å². The average molecular weight is 525 g/mol. The third kappa shape index (κ3) is 9.10. The Hall–Kier alpha value is -2.46. The van der Waals surface area contributed by atoms with Crippen LogP contribution in [0.1, 0.15) is 63.0 Å². The molecule has 1 aliphatic heterocycles. The number of methoxy groups -OCH3 is 1. The first-order chi connectivity index (χ1) is 17.9. The smallest absolute Gasteiger partial charge is 0.406 e. The van der Waals surface area contributed by atoms with Crippen LogP contribution < -0.4 is 16.0 Å². The van der Waals surface area contributed by atoms with E-state index in [1.54, 1.807) is 4.90 Å². The molecule has 3 N–H and O–H groups in total. The topological polar surface area (TPSA) is 91.9 Å². The number of urea groups is 1. The number of rotatable bonds is 11. The van der Waals surface area contributed by atoms with Crippen molar-refractivity contribution in [2.45, 2.75) is 63.5 Å². The quantitative estimate of drug-likeness (QED) is 0.374. The fourth-order valence-electron chi connectivity index (χ4n) is 5.58. The van der Waals surface area contributed by atoms with Gasteiger partial charge in [0.15, 0.2) is 11.6 Å². The van der Waals surface area contributed by atoms with E-state index >= 15 is 0 Å². The van der Waals surface area contributed by atoms with Gasteiger partial charge in [-0.3, -0.25) is 0 Å². The molecule has 0 aromatic heterocycles. The zero-order valence-electron chi connectivity index (χ0n) is 22.1. The molecule has 37 heavy (non-hydrogen) atoms. The fourth-order valence-corrected chi connectivity index (χ4v) is 5.58. The van der Waals surface area contributed by atoms with Gasteiger partial charge in [0.2, 0.25) is 0 Å². The van der Waals surface area contributed by atoms with E-state index in [9.17, 15) is 18.4 Å². The summed E-state index contributed by atoms with van der Waals surface area (Å²) in [5.74, 6) is -1.33. The third-order valence-corrected chi connectivity index (χ3v) is 7.42. The first-order valence-corrected chi connectivity index (χ1v) is 13.5. The van der Waals surface area contributed by atoms with E-state index in [1.807, 2.05) is 7.05 Å². The molecule has 1 aromatic carbocycles. The number of ether oxygens (including phenoxy) is 2. The Morgan fingerprint density at radius 2 is 1.89 bits per heavy atom. The van der Waals surface area contributed by atoms with Crippen molar-refractivity contribution < 1.29 is 27.8 Å². The second-order valence-corrected chi connectivity index (χ2v) is 10.2. The van der Waals surface area contributed by atoms with Crippen molar-refractivity contribution in [1.82, 2.24) is 20.9 Å². The van der Waals surface area contributed by atoms with Gasteiger partial charge in [0.1, 0.15) is 0 Å². The highest BCUT2D eigenvalue weighted by Gasteiger charge is 2.32. The number of hydrogen-bond donors (Lipinski definition) is 3. The molecule has 1 saturated heterocycles. The van der Waals surface area contributed by atoms with E-state index in [0.29, 0.717) is 31.1 Å². The number of nitrogens with one attached hydrogen (secondary N) is 3. The molecule has 3 rings (SSSR count). The monoisotopic (exact) mass is 524 g/mol. The lowest BCUT2D eigenvalue weighted by molar-refractivity contribution is -0.00886. The van der Waals surface area contributed by atoms with Crippen molar-refractivity contribution in [2.75, 3.05) is 46.9 Å². The molecule has 2 aliphatic rings. The van der Waals surface area contributed by atoms with E-state index in [1.165, 1.54) is 45.3 Å². The number of nitrogens with zero attached hydrogens (tertiary/aromatic N) is 1. The summed E-state index contributed by atoms with van der Waals surface area (Å²) < 4.78 is 38.3. The van der Waals surface area contributed by atoms with Gasteiger partial charge in [-0.2, -0.15) is 0 Å². The van der Waals surface area contributed by atoms with Gasteiger partial charge >= 0.3 is 12.1 Å². The lowest BCUT2D eigenvalue weighted by Gasteiger charge is -2.38. The largest absolute Gasteiger partial charge is 0.453 e. The zero-order valence-corrected chi connectivity index (χ0v) is 22.1. The summed E-state index contributed by atoms with van der Waals surface area (Å²) in [6, 6.07) is 3.72. The Balaban J connectivity index is 1.64. The van der Waals surface area contributed by atoms with Crippen molar-refractivity contribution in [3.05, 3.63) is 35.4 Å². The van der Waals surface area contributed by atoms with E-state index in [0.717, 1.165) is 31.4 Å². The minimum atomic E-state index is -0.943. The number of piperidine rings is 1. The second-order valence-electron chi connectivity index (χ2n) is 10.2. The summed E-state index contributed by atoms with van der Waals surface area (Å²) in [6.07, 6.45) is 7.67. The Morgan fingerprint density at radius 3 is 2.59 bits per heavy atom. The molecule has 1 saturated carbocycles. The summed E-state index contributed by atoms with van der Waals surface area (Å²) in [6.45, 7) is 2.15. The molecule has 3 atom stereocenters. The minimum absolute atomic E-state index is 0.0589. The van der Waals surface area contributed by atoms with Crippen LogP contribution in [0.4, 0.5) is 18.4 Å². The van der Waals surface area contributed by atoms with E-state index < -0.39 is 23.8 Å². The van der Waals surface area contributed by atoms with Crippen LogP contribution in [0.3, 0.4) is 0 Å². The van der Waals surface area contributed by atoms with E-state index in [-0.39, 0.29) is 31.1 Å². The highest BCUT2D eigenvalue weighted by Crippen LogP contribution is 2.34. The number of carbonyl (C=O) groups is 2. The number of carbonyl (C=O) groups excluding carboxylic acids is 2. The van der Waals surface area contributed by atoms with E-state index in [4.69, 9.17) is 4.74 Å². The van der Waals surface area contributed by atoms with Crippen LogP contribution in [0.15, 0.2) is 18.2 Å². The zero-order chi connectivity index (χ0) is 26.6. The molecule has 1 aliphatic carbocycles. The molecular weight excluding hydrogens is 482 g/mol. The van der Waals surface area contributed by atoms with Crippen LogP contribution in [0.25, 0.3) is 0 Å². The molecule has 1 aromatic rings. The molecule has 0 radical (unpaired) electrons. The van der Waals surface area contributed by atoms with Gasteiger partial charge in [-0.05, 0) is 49.9 Å². The molecule has 208 valence electrons. The molecule has 0 bridgehead atoms.